The largest absolute Gasteiger partial charge is 0.355 e. The Morgan fingerprint density at radius 2 is 0.844 bits per heavy atom. The van der Waals surface area contributed by atoms with Gasteiger partial charge in [0.15, 0.2) is 0 Å². The van der Waals surface area contributed by atoms with Crippen LogP contribution in [0.15, 0.2) is 54.6 Å². The van der Waals surface area contributed by atoms with E-state index in [9.17, 15) is 0 Å². The van der Waals surface area contributed by atoms with Gasteiger partial charge in [-0.05, 0) is 92.7 Å². The van der Waals surface area contributed by atoms with E-state index in [4.69, 9.17) is 9.97 Å². The molecule has 3 aromatic heterocycles. The number of fused-ring (bicyclic) bond motifs is 8. The monoisotopic (exact) mass is 596 g/mol. The molecule has 2 aliphatic heterocycles. The van der Waals surface area contributed by atoms with Crippen molar-refractivity contribution in [2.45, 2.75) is 97.8 Å². The number of rotatable bonds is 13. The zero-order valence-electron chi connectivity index (χ0n) is 27.4. The summed E-state index contributed by atoms with van der Waals surface area (Å²) < 4.78 is 0. The fraction of sp³-hybridized carbons (Fsp3) is 0.366. The molecular weight excluding hydrogens is 548 g/mol. The zero-order valence-corrected chi connectivity index (χ0v) is 27.4. The molecule has 4 heteroatoms. The first-order valence-corrected chi connectivity index (χ1v) is 17.4. The van der Waals surface area contributed by atoms with E-state index in [0.717, 1.165) is 83.4 Å². The highest BCUT2D eigenvalue weighted by atomic mass is 14.8. The van der Waals surface area contributed by atoms with Crippen molar-refractivity contribution in [1.82, 2.24) is 19.9 Å². The summed E-state index contributed by atoms with van der Waals surface area (Å²) in [7, 11) is 0. The Labute approximate surface area is 268 Å². The number of aryl methyl sites for hydroxylation is 2. The van der Waals surface area contributed by atoms with Crippen LogP contribution < -0.4 is 0 Å². The van der Waals surface area contributed by atoms with E-state index in [1.165, 1.54) is 66.3 Å². The molecule has 0 saturated heterocycles. The number of H-pyrrole nitrogens is 2. The number of hydrogen-bond donors (Lipinski definition) is 2. The molecular formula is C41H48N4. The van der Waals surface area contributed by atoms with Crippen LogP contribution in [0.2, 0.25) is 0 Å². The van der Waals surface area contributed by atoms with Gasteiger partial charge < -0.3 is 9.97 Å². The van der Waals surface area contributed by atoms with Crippen molar-refractivity contribution in [2.24, 2.45) is 0 Å². The molecule has 0 amide bonds. The number of aromatic nitrogens is 4. The number of nitrogens with one attached hydrogen (secondary N) is 2. The van der Waals surface area contributed by atoms with Crippen LogP contribution in [0.1, 0.15) is 118 Å². The van der Waals surface area contributed by atoms with Crippen LogP contribution in [0.3, 0.4) is 0 Å². The maximum Gasteiger partial charge on any atom is 0.0691 e. The fourth-order valence-electron chi connectivity index (χ4n) is 6.74. The molecule has 4 aromatic rings. The third kappa shape index (κ3) is 6.91. The molecule has 6 rings (SSSR count). The highest BCUT2D eigenvalue weighted by Gasteiger charge is 2.17. The SMILES string of the molecule is CCCCCc1c2nc(c(CCCCC)c3ccc([nH]3)c(-c3ccccc3)c3ccc([nH]3)c(CCCCC)c3nc1C=C3)C=C2. The average Bonchev–Trinajstić information content (AvgIpc) is 3.89. The van der Waals surface area contributed by atoms with Crippen molar-refractivity contribution in [1.29, 1.82) is 0 Å². The molecule has 0 atom stereocenters. The minimum atomic E-state index is 0.992. The Balaban J connectivity index is 1.69. The third-order valence-electron chi connectivity index (χ3n) is 9.23. The van der Waals surface area contributed by atoms with Crippen LogP contribution in [0.25, 0.3) is 57.5 Å². The first kappa shape index (κ1) is 30.8. The Morgan fingerprint density at radius 3 is 1.29 bits per heavy atom. The first-order valence-electron chi connectivity index (χ1n) is 17.4. The van der Waals surface area contributed by atoms with E-state index >= 15 is 0 Å². The predicted octanol–water partition coefficient (Wildman–Crippen LogP) is 11.5. The molecule has 45 heavy (non-hydrogen) atoms. The van der Waals surface area contributed by atoms with E-state index in [1.807, 2.05) is 0 Å². The minimum absolute atomic E-state index is 0.992. The molecule has 0 radical (unpaired) electrons. The molecule has 5 heterocycles. The quantitative estimate of drug-likeness (QED) is 0.130. The summed E-state index contributed by atoms with van der Waals surface area (Å²) in [5.41, 5.74) is 15.1. The number of benzene rings is 1. The topological polar surface area (TPSA) is 57.4 Å². The van der Waals surface area contributed by atoms with Crippen LogP contribution in [-0.2, 0) is 19.3 Å². The molecule has 0 fully saturated rings. The standard InChI is InChI=1S/C41H48N4/c1-4-7-11-18-30-33-21-23-35(42-33)31(19-12-8-5-2)37-25-27-39(44-37)41(29-16-14-10-15-17-29)40-28-26-38(45-40)32(20-13-9-6-3)36-24-22-34(30)43-36/h10,14-17,21-28,44-45H,4-9,11-13,18-20H2,1-3H3. The number of aromatic amines is 2. The summed E-state index contributed by atoms with van der Waals surface area (Å²) in [6, 6.07) is 19.8. The number of unbranched alkanes of at least 4 members (excludes halogenated alkanes) is 6. The summed E-state index contributed by atoms with van der Waals surface area (Å²) in [5.74, 6) is 0. The van der Waals surface area contributed by atoms with E-state index in [0.29, 0.717) is 0 Å². The molecule has 8 bridgehead atoms. The van der Waals surface area contributed by atoms with Crippen molar-refractivity contribution in [3.63, 3.8) is 0 Å². The van der Waals surface area contributed by atoms with E-state index in [2.05, 4.69) is 110 Å². The van der Waals surface area contributed by atoms with E-state index < -0.39 is 0 Å². The molecule has 0 spiro atoms. The predicted molar refractivity (Wildman–Crippen MR) is 194 cm³/mol. The summed E-state index contributed by atoms with van der Waals surface area (Å²) >= 11 is 0. The lowest BCUT2D eigenvalue weighted by Gasteiger charge is -2.06. The average molecular weight is 597 g/mol. The molecule has 0 aliphatic carbocycles. The molecule has 2 N–H and O–H groups in total. The maximum absolute atomic E-state index is 5.34. The molecule has 4 nitrogen and oxygen atoms in total. The number of nitrogens with zero attached hydrogens (tertiary/aromatic N) is 2. The van der Waals surface area contributed by atoms with Crippen LogP contribution in [0.4, 0.5) is 0 Å². The molecule has 0 saturated carbocycles. The van der Waals surface area contributed by atoms with E-state index in [-0.39, 0.29) is 0 Å². The fourth-order valence-corrected chi connectivity index (χ4v) is 6.74. The van der Waals surface area contributed by atoms with Gasteiger partial charge in [0.2, 0.25) is 0 Å². The highest BCUT2D eigenvalue weighted by molar-refractivity contribution is 5.94. The van der Waals surface area contributed by atoms with E-state index in [1.54, 1.807) is 0 Å². The van der Waals surface area contributed by atoms with Crippen LogP contribution in [0, 0.1) is 0 Å². The van der Waals surface area contributed by atoms with Gasteiger partial charge in [0, 0.05) is 44.3 Å². The normalized spacial score (nSPS) is 12.3. The zero-order chi connectivity index (χ0) is 31.0. The van der Waals surface area contributed by atoms with Gasteiger partial charge in [-0.3, -0.25) is 0 Å². The van der Waals surface area contributed by atoms with Crippen molar-refractivity contribution in [3.05, 3.63) is 94.1 Å². The third-order valence-corrected chi connectivity index (χ3v) is 9.23. The Hall–Kier alpha value is -4.18. The van der Waals surface area contributed by atoms with Gasteiger partial charge in [0.05, 0.1) is 22.8 Å². The van der Waals surface area contributed by atoms with Crippen molar-refractivity contribution in [2.75, 3.05) is 0 Å². The van der Waals surface area contributed by atoms with Crippen LogP contribution in [0.5, 0.6) is 0 Å². The molecule has 232 valence electrons. The second-order valence-electron chi connectivity index (χ2n) is 12.6. The minimum Gasteiger partial charge on any atom is -0.355 e. The maximum atomic E-state index is 5.34. The van der Waals surface area contributed by atoms with Crippen LogP contribution in [-0.4, -0.2) is 19.9 Å². The lowest BCUT2D eigenvalue weighted by molar-refractivity contribution is 0.712. The Morgan fingerprint density at radius 1 is 0.444 bits per heavy atom. The summed E-state index contributed by atoms with van der Waals surface area (Å²) in [6.07, 6.45) is 22.6. The lowest BCUT2D eigenvalue weighted by atomic mass is 10.0. The Kier molecular flexibility index (Phi) is 10.1. The van der Waals surface area contributed by atoms with Crippen molar-refractivity contribution in [3.8, 4) is 11.1 Å². The van der Waals surface area contributed by atoms with Crippen molar-refractivity contribution < 1.29 is 0 Å². The first-order chi connectivity index (χ1) is 22.2. The second-order valence-corrected chi connectivity index (χ2v) is 12.6. The smallest absolute Gasteiger partial charge is 0.0691 e. The second kappa shape index (κ2) is 14.7. The van der Waals surface area contributed by atoms with Gasteiger partial charge in [0.1, 0.15) is 0 Å². The summed E-state index contributed by atoms with van der Waals surface area (Å²) in [5, 5.41) is 0. The lowest BCUT2D eigenvalue weighted by Crippen LogP contribution is -1.97. The van der Waals surface area contributed by atoms with Gasteiger partial charge in [-0.1, -0.05) is 89.6 Å². The molecule has 0 unspecified atom stereocenters. The van der Waals surface area contributed by atoms with Gasteiger partial charge in [-0.15, -0.1) is 0 Å². The number of hydrogen-bond acceptors (Lipinski definition) is 2. The molecule has 2 aliphatic rings. The van der Waals surface area contributed by atoms with Gasteiger partial charge in [0.25, 0.3) is 0 Å². The van der Waals surface area contributed by atoms with Gasteiger partial charge in [-0.2, -0.15) is 0 Å². The highest BCUT2D eigenvalue weighted by Crippen LogP contribution is 2.32. The summed E-state index contributed by atoms with van der Waals surface area (Å²) in [4.78, 5) is 18.4. The van der Waals surface area contributed by atoms with Crippen molar-refractivity contribution >= 4 is 46.4 Å². The summed E-state index contributed by atoms with van der Waals surface area (Å²) in [6.45, 7) is 6.81. The van der Waals surface area contributed by atoms with Gasteiger partial charge in [-0.25, -0.2) is 9.97 Å². The van der Waals surface area contributed by atoms with Crippen LogP contribution >= 0.6 is 0 Å². The molecule has 1 aromatic carbocycles. The Bertz CT molecular complexity index is 1730. The van der Waals surface area contributed by atoms with Gasteiger partial charge >= 0.3 is 0 Å².